The van der Waals surface area contributed by atoms with Crippen molar-refractivity contribution in [3.63, 3.8) is 0 Å². The average molecular weight is 465 g/mol. The third-order valence-electron chi connectivity index (χ3n) is 3.81. The molecule has 0 aromatic carbocycles. The Labute approximate surface area is 183 Å². The van der Waals surface area contributed by atoms with Gasteiger partial charge in [0.2, 0.25) is 0 Å². The van der Waals surface area contributed by atoms with Gasteiger partial charge in [-0.05, 0) is 5.92 Å². The molecule has 0 aromatic rings. The second-order valence-electron chi connectivity index (χ2n) is 7.01. The van der Waals surface area contributed by atoms with Crippen LogP contribution in [0, 0.1) is 5.92 Å². The first-order chi connectivity index (χ1) is 14.8. The van der Waals surface area contributed by atoms with Gasteiger partial charge in [-0.2, -0.15) is 0 Å². The number of nitrogens with two attached hydrogens (primary N) is 5. The van der Waals surface area contributed by atoms with E-state index in [1.54, 1.807) is 13.8 Å². The summed E-state index contributed by atoms with van der Waals surface area (Å²) in [4.78, 5) is 58.2. The smallest absolute Gasteiger partial charge is 0.334 e. The molecule has 15 heteroatoms. The molecular weight excluding hydrogens is 434 g/mol. The topological polar surface area (TPSA) is 273 Å². The van der Waals surface area contributed by atoms with Crippen LogP contribution in [0.4, 0.5) is 0 Å². The van der Waals surface area contributed by atoms with Crippen molar-refractivity contribution in [2.45, 2.75) is 44.1 Å². The molecule has 0 amide bonds. The van der Waals surface area contributed by atoms with Gasteiger partial charge in [0.25, 0.3) is 0 Å². The van der Waals surface area contributed by atoms with Crippen LogP contribution in [0.3, 0.4) is 0 Å². The molecule has 0 unspecified atom stereocenters. The lowest BCUT2D eigenvalue weighted by Gasteiger charge is -2.17. The van der Waals surface area contributed by atoms with E-state index in [1.165, 1.54) is 0 Å². The molecule has 0 rings (SSSR count). The molecule has 0 aromatic heterocycles. The molecule has 0 aliphatic rings. The van der Waals surface area contributed by atoms with Crippen molar-refractivity contribution in [3.8, 4) is 0 Å². The van der Waals surface area contributed by atoms with Crippen molar-refractivity contribution in [2.75, 3.05) is 26.4 Å². The third-order valence-corrected chi connectivity index (χ3v) is 3.81. The van der Waals surface area contributed by atoms with Crippen LogP contribution in [0.2, 0.25) is 0 Å². The van der Waals surface area contributed by atoms with E-state index in [2.05, 4.69) is 9.47 Å². The molecule has 0 aliphatic carbocycles. The van der Waals surface area contributed by atoms with Crippen LogP contribution in [0.25, 0.3) is 0 Å². The highest BCUT2D eigenvalue weighted by Crippen LogP contribution is 2.01. The second-order valence-corrected chi connectivity index (χ2v) is 7.01. The predicted octanol–water partition coefficient (Wildman–Crippen LogP) is -5.03. The molecule has 0 fully saturated rings. The van der Waals surface area contributed by atoms with Gasteiger partial charge in [-0.3, -0.25) is 14.4 Å². The van der Waals surface area contributed by atoms with Crippen LogP contribution in [-0.2, 0) is 42.9 Å². The third kappa shape index (κ3) is 10.6. The minimum Gasteiger partial charge on any atom is -0.462 e. The highest BCUT2D eigenvalue weighted by molar-refractivity contribution is 5.91. The van der Waals surface area contributed by atoms with E-state index in [-0.39, 0.29) is 5.92 Å². The fourth-order valence-electron chi connectivity index (χ4n) is 1.63. The molecule has 15 nitrogen and oxygen atoms in total. The molecule has 0 spiro atoms. The van der Waals surface area contributed by atoms with Gasteiger partial charge >= 0.3 is 29.8 Å². The van der Waals surface area contributed by atoms with Gasteiger partial charge in [0.05, 0.1) is 6.61 Å². The van der Waals surface area contributed by atoms with E-state index in [1.807, 2.05) is 0 Å². The van der Waals surface area contributed by atoms with Crippen molar-refractivity contribution in [3.05, 3.63) is 0 Å². The molecule has 0 saturated carbocycles. The number of hydrogen-bond acceptors (Lipinski definition) is 15. The van der Waals surface area contributed by atoms with Crippen molar-refractivity contribution in [1.82, 2.24) is 0 Å². The largest absolute Gasteiger partial charge is 0.462 e. The fourth-order valence-corrected chi connectivity index (χ4v) is 1.63. The summed E-state index contributed by atoms with van der Waals surface area (Å²) in [5, 5.41) is 8.70. The zero-order valence-corrected chi connectivity index (χ0v) is 17.8. The van der Waals surface area contributed by atoms with E-state index < -0.39 is 86.5 Å². The number of aliphatic hydroxyl groups is 1. The Morgan fingerprint density at radius 3 is 1.34 bits per heavy atom. The van der Waals surface area contributed by atoms with Crippen molar-refractivity contribution in [1.29, 1.82) is 0 Å². The fraction of sp³-hybridized carbons (Fsp3) is 0.706. The standard InChI is InChI=1S/C17H31N5O10/c1-7(2)12(22)17(28)31-4-9(19)14(25)30-6-11(21)16(27)32-15(26)10(20)5-29-13(24)8(18)3-23/h7-12,23H,3-6,18-22H2,1-2H3/t8-,9-,10-,11-,12-/m0/s1. The van der Waals surface area contributed by atoms with E-state index >= 15 is 0 Å². The normalized spacial score (nSPS) is 15.7. The van der Waals surface area contributed by atoms with Crippen LogP contribution < -0.4 is 28.7 Å². The Bertz CT molecular complexity index is 674. The summed E-state index contributed by atoms with van der Waals surface area (Å²) in [6.45, 7) is 0.853. The Balaban J connectivity index is 4.38. The van der Waals surface area contributed by atoms with Gasteiger partial charge in [-0.25, -0.2) is 9.59 Å². The summed E-state index contributed by atoms with van der Waals surface area (Å²) in [6.07, 6.45) is 0. The first-order valence-electron chi connectivity index (χ1n) is 9.45. The minimum atomic E-state index is -1.57. The lowest BCUT2D eigenvalue weighted by Crippen LogP contribution is -2.46. The molecule has 184 valence electrons. The van der Waals surface area contributed by atoms with Crippen LogP contribution in [0.15, 0.2) is 0 Å². The Kier molecular flexibility index (Phi) is 13.2. The summed E-state index contributed by atoms with van der Waals surface area (Å²) < 4.78 is 18.5. The lowest BCUT2D eigenvalue weighted by molar-refractivity contribution is -0.164. The second kappa shape index (κ2) is 14.4. The van der Waals surface area contributed by atoms with Gasteiger partial charge in [0.15, 0.2) is 0 Å². The zero-order valence-electron chi connectivity index (χ0n) is 17.8. The van der Waals surface area contributed by atoms with Gasteiger partial charge in [-0.15, -0.1) is 0 Å². The Morgan fingerprint density at radius 1 is 0.625 bits per heavy atom. The highest BCUT2D eigenvalue weighted by Gasteiger charge is 2.27. The monoisotopic (exact) mass is 465 g/mol. The van der Waals surface area contributed by atoms with E-state index in [4.69, 9.17) is 43.2 Å². The number of hydrogen-bond donors (Lipinski definition) is 6. The van der Waals surface area contributed by atoms with Crippen molar-refractivity contribution < 1.29 is 48.0 Å². The lowest BCUT2D eigenvalue weighted by atomic mass is 10.1. The number of carbonyl (C=O) groups excluding carboxylic acids is 5. The number of carbonyl (C=O) groups is 5. The number of rotatable bonds is 13. The summed E-state index contributed by atoms with van der Waals surface area (Å²) in [6, 6.07) is -6.67. The van der Waals surface area contributed by atoms with Gasteiger partial charge in [0.1, 0.15) is 50.0 Å². The maximum atomic E-state index is 11.8. The molecule has 0 bridgehead atoms. The van der Waals surface area contributed by atoms with E-state index in [9.17, 15) is 24.0 Å². The highest BCUT2D eigenvalue weighted by atomic mass is 16.6. The summed E-state index contributed by atoms with van der Waals surface area (Å²) >= 11 is 0. The first kappa shape index (κ1) is 29.3. The van der Waals surface area contributed by atoms with Crippen LogP contribution in [0.1, 0.15) is 13.8 Å². The van der Waals surface area contributed by atoms with Crippen molar-refractivity contribution in [2.24, 2.45) is 34.6 Å². The Hall–Kier alpha value is -2.69. The van der Waals surface area contributed by atoms with Crippen molar-refractivity contribution >= 4 is 29.8 Å². The summed E-state index contributed by atoms with van der Waals surface area (Å²) in [7, 11) is 0. The number of esters is 5. The van der Waals surface area contributed by atoms with Crippen LogP contribution in [0.5, 0.6) is 0 Å². The molecule has 0 radical (unpaired) electrons. The minimum absolute atomic E-state index is 0.185. The Morgan fingerprint density at radius 2 is 0.969 bits per heavy atom. The molecule has 32 heavy (non-hydrogen) atoms. The average Bonchev–Trinajstić information content (AvgIpc) is 2.76. The molecule has 0 saturated heterocycles. The van der Waals surface area contributed by atoms with Crippen LogP contribution >= 0.6 is 0 Å². The predicted molar refractivity (Wildman–Crippen MR) is 106 cm³/mol. The molecule has 0 heterocycles. The molecule has 5 atom stereocenters. The summed E-state index contributed by atoms with van der Waals surface area (Å²) in [5.41, 5.74) is 27.2. The molecule has 0 aliphatic heterocycles. The van der Waals surface area contributed by atoms with Gasteiger partial charge < -0.3 is 52.7 Å². The van der Waals surface area contributed by atoms with E-state index in [0.717, 1.165) is 0 Å². The summed E-state index contributed by atoms with van der Waals surface area (Å²) in [5.74, 6) is -5.53. The van der Waals surface area contributed by atoms with Crippen LogP contribution in [-0.4, -0.2) is 91.6 Å². The number of ether oxygens (including phenoxy) is 4. The van der Waals surface area contributed by atoms with Gasteiger partial charge in [0, 0.05) is 0 Å². The maximum Gasteiger partial charge on any atom is 0.334 e. The quantitative estimate of drug-likeness (QED) is 0.0843. The molecular formula is C17H31N5O10. The van der Waals surface area contributed by atoms with E-state index in [0.29, 0.717) is 0 Å². The number of aliphatic hydroxyl groups excluding tert-OH is 1. The zero-order chi connectivity index (χ0) is 25.0. The maximum absolute atomic E-state index is 11.8. The SMILES string of the molecule is CC(C)[C@H](N)C(=O)OC[C@H](N)C(=O)OC[C@H](N)C(=O)OC(=O)[C@@H](N)COC(=O)[C@@H](N)CO. The van der Waals surface area contributed by atoms with Gasteiger partial charge in [-0.1, -0.05) is 13.8 Å². The first-order valence-corrected chi connectivity index (χ1v) is 9.45. The molecule has 11 N–H and O–H groups in total.